The van der Waals surface area contributed by atoms with Crippen LogP contribution in [-0.4, -0.2) is 17.4 Å². The van der Waals surface area contributed by atoms with Crippen LogP contribution in [0, 0.1) is 0 Å². The largest absolute Gasteiger partial charge is 0.356 e. The van der Waals surface area contributed by atoms with Gasteiger partial charge in [-0.2, -0.15) is 0 Å². The number of nitrogens with one attached hydrogen (secondary N) is 1. The van der Waals surface area contributed by atoms with Crippen LogP contribution >= 0.6 is 0 Å². The molecule has 1 N–H and O–H groups in total. The van der Waals surface area contributed by atoms with Crippen molar-refractivity contribution in [1.29, 1.82) is 0 Å². The van der Waals surface area contributed by atoms with Crippen LogP contribution in [0.5, 0.6) is 0 Å². The molecule has 3 heteroatoms. The molecular weight excluding hydrogens is 272 g/mol. The molecule has 2 rings (SSSR count). The minimum Gasteiger partial charge on any atom is -0.356 e. The van der Waals surface area contributed by atoms with Crippen molar-refractivity contribution < 1.29 is 4.79 Å². The number of hydrogen-bond acceptors (Lipinski definition) is 2. The summed E-state index contributed by atoms with van der Waals surface area (Å²) in [6, 6.07) is 9.96. The van der Waals surface area contributed by atoms with Crippen LogP contribution in [0.2, 0.25) is 0 Å². The summed E-state index contributed by atoms with van der Waals surface area (Å²) in [5.41, 5.74) is 2.01. The molecular formula is C19H26N2O. The molecule has 3 nitrogen and oxygen atoms in total. The third-order valence-electron chi connectivity index (χ3n) is 3.88. The number of carbonyl (C=O) groups is 1. The third kappa shape index (κ3) is 5.47. The Bertz CT molecular complexity index is 595. The van der Waals surface area contributed by atoms with Gasteiger partial charge in [-0.15, -0.1) is 0 Å². The molecule has 1 heterocycles. The second-order valence-corrected chi connectivity index (χ2v) is 5.82. The van der Waals surface area contributed by atoms with Crippen LogP contribution in [0.15, 0.2) is 36.5 Å². The van der Waals surface area contributed by atoms with Crippen molar-refractivity contribution in [3.63, 3.8) is 0 Å². The number of hydrogen-bond donors (Lipinski definition) is 1. The molecule has 0 unspecified atom stereocenters. The van der Waals surface area contributed by atoms with Gasteiger partial charge in [0.15, 0.2) is 0 Å². The zero-order chi connectivity index (χ0) is 15.6. The summed E-state index contributed by atoms with van der Waals surface area (Å²) < 4.78 is 0. The fourth-order valence-corrected chi connectivity index (χ4v) is 2.62. The van der Waals surface area contributed by atoms with Gasteiger partial charge in [-0.25, -0.2) is 0 Å². The highest BCUT2D eigenvalue weighted by molar-refractivity contribution is 5.83. The van der Waals surface area contributed by atoms with Crippen LogP contribution in [-0.2, 0) is 11.2 Å². The van der Waals surface area contributed by atoms with E-state index >= 15 is 0 Å². The van der Waals surface area contributed by atoms with Gasteiger partial charge in [0, 0.05) is 18.1 Å². The van der Waals surface area contributed by atoms with Crippen molar-refractivity contribution in [3.8, 4) is 0 Å². The van der Waals surface area contributed by atoms with Gasteiger partial charge in [0.25, 0.3) is 0 Å². The van der Waals surface area contributed by atoms with Gasteiger partial charge in [0.1, 0.15) is 0 Å². The zero-order valence-electron chi connectivity index (χ0n) is 13.5. The Hall–Kier alpha value is -1.90. The molecule has 1 aromatic carbocycles. The van der Waals surface area contributed by atoms with E-state index in [1.807, 2.05) is 30.3 Å². The van der Waals surface area contributed by atoms with Crippen LogP contribution < -0.4 is 5.32 Å². The summed E-state index contributed by atoms with van der Waals surface area (Å²) in [6.07, 6.45) is 9.72. The highest BCUT2D eigenvalue weighted by Gasteiger charge is 2.04. The first-order chi connectivity index (χ1) is 10.8. The predicted octanol–water partition coefficient (Wildman–Crippen LogP) is 4.25. The van der Waals surface area contributed by atoms with Gasteiger partial charge in [0.05, 0.1) is 11.9 Å². The quantitative estimate of drug-likeness (QED) is 0.703. The fraction of sp³-hybridized carbons (Fsp3) is 0.474. The van der Waals surface area contributed by atoms with Crippen LogP contribution in [0.4, 0.5) is 0 Å². The first kappa shape index (κ1) is 16.5. The Morgan fingerprint density at radius 2 is 1.91 bits per heavy atom. The van der Waals surface area contributed by atoms with Gasteiger partial charge in [-0.1, -0.05) is 51.2 Å². The minimum atomic E-state index is 0.108. The Balaban J connectivity index is 1.69. The standard InChI is InChI=1S/C19H26N2O/c1-2-3-4-5-6-7-12-21-19(22)15-16-10-11-18-17(14-16)9-8-13-20-18/h8-11,13-14H,2-7,12,15H2,1H3,(H,21,22). The van der Waals surface area contributed by atoms with Gasteiger partial charge < -0.3 is 5.32 Å². The lowest BCUT2D eigenvalue weighted by Gasteiger charge is -2.06. The Morgan fingerprint density at radius 3 is 2.77 bits per heavy atom. The maximum absolute atomic E-state index is 12.0. The zero-order valence-corrected chi connectivity index (χ0v) is 13.5. The number of amides is 1. The Labute approximate surface area is 133 Å². The summed E-state index contributed by atoms with van der Waals surface area (Å²) in [4.78, 5) is 16.2. The first-order valence-corrected chi connectivity index (χ1v) is 8.40. The number of rotatable bonds is 9. The van der Waals surface area contributed by atoms with Gasteiger partial charge >= 0.3 is 0 Å². The average molecular weight is 298 g/mol. The van der Waals surface area contributed by atoms with Gasteiger partial charge in [-0.3, -0.25) is 9.78 Å². The van der Waals surface area contributed by atoms with E-state index in [-0.39, 0.29) is 5.91 Å². The number of aromatic nitrogens is 1. The van der Waals surface area contributed by atoms with Crippen molar-refractivity contribution in [1.82, 2.24) is 10.3 Å². The van der Waals surface area contributed by atoms with E-state index < -0.39 is 0 Å². The average Bonchev–Trinajstić information content (AvgIpc) is 2.54. The lowest BCUT2D eigenvalue weighted by Crippen LogP contribution is -2.26. The van der Waals surface area contributed by atoms with Gasteiger partial charge in [0.2, 0.25) is 5.91 Å². The Kier molecular flexibility index (Phi) is 6.88. The maximum atomic E-state index is 12.0. The summed E-state index contributed by atoms with van der Waals surface area (Å²) in [5, 5.41) is 4.10. The number of unbranched alkanes of at least 4 members (excludes halogenated alkanes) is 5. The normalized spacial score (nSPS) is 10.8. The van der Waals surface area contributed by atoms with E-state index in [0.717, 1.165) is 29.4 Å². The number of benzene rings is 1. The van der Waals surface area contributed by atoms with Crippen molar-refractivity contribution in [3.05, 3.63) is 42.1 Å². The third-order valence-corrected chi connectivity index (χ3v) is 3.88. The first-order valence-electron chi connectivity index (χ1n) is 8.40. The number of nitrogens with zero attached hydrogens (tertiary/aromatic N) is 1. The molecule has 118 valence electrons. The van der Waals surface area contributed by atoms with E-state index in [2.05, 4.69) is 17.2 Å². The highest BCUT2D eigenvalue weighted by atomic mass is 16.1. The molecule has 1 amide bonds. The second-order valence-electron chi connectivity index (χ2n) is 5.82. The summed E-state index contributed by atoms with van der Waals surface area (Å²) in [5.74, 6) is 0.108. The predicted molar refractivity (Wildman–Crippen MR) is 91.8 cm³/mol. The molecule has 0 aliphatic rings. The molecule has 1 aromatic heterocycles. The van der Waals surface area contributed by atoms with Gasteiger partial charge in [-0.05, 0) is 30.2 Å². The molecule has 2 aromatic rings. The van der Waals surface area contributed by atoms with Crippen molar-refractivity contribution in [2.75, 3.05) is 6.54 Å². The molecule has 0 aliphatic heterocycles. The summed E-state index contributed by atoms with van der Waals surface area (Å²) in [7, 11) is 0. The number of fused-ring (bicyclic) bond motifs is 1. The molecule has 0 saturated heterocycles. The molecule has 0 aliphatic carbocycles. The van der Waals surface area contributed by atoms with Crippen LogP contribution in [0.25, 0.3) is 10.9 Å². The van der Waals surface area contributed by atoms with Crippen molar-refractivity contribution >= 4 is 16.8 Å². The Morgan fingerprint density at radius 1 is 1.09 bits per heavy atom. The topological polar surface area (TPSA) is 42.0 Å². The van der Waals surface area contributed by atoms with Crippen LogP contribution in [0.1, 0.15) is 51.0 Å². The smallest absolute Gasteiger partial charge is 0.224 e. The maximum Gasteiger partial charge on any atom is 0.224 e. The number of pyridine rings is 1. The molecule has 22 heavy (non-hydrogen) atoms. The number of carbonyl (C=O) groups excluding carboxylic acids is 1. The van der Waals surface area contributed by atoms with Crippen molar-refractivity contribution in [2.24, 2.45) is 0 Å². The van der Waals surface area contributed by atoms with E-state index in [4.69, 9.17) is 0 Å². The fourth-order valence-electron chi connectivity index (χ4n) is 2.62. The molecule has 0 spiro atoms. The monoisotopic (exact) mass is 298 g/mol. The van der Waals surface area contributed by atoms with Crippen molar-refractivity contribution in [2.45, 2.75) is 51.9 Å². The minimum absolute atomic E-state index is 0.108. The van der Waals surface area contributed by atoms with E-state index in [1.165, 1.54) is 32.1 Å². The SMILES string of the molecule is CCCCCCCCNC(=O)Cc1ccc2ncccc2c1. The van der Waals surface area contributed by atoms with E-state index in [0.29, 0.717) is 6.42 Å². The summed E-state index contributed by atoms with van der Waals surface area (Å²) in [6.45, 7) is 3.02. The highest BCUT2D eigenvalue weighted by Crippen LogP contribution is 2.13. The molecule has 0 saturated carbocycles. The van der Waals surface area contributed by atoms with E-state index in [9.17, 15) is 4.79 Å². The lowest BCUT2D eigenvalue weighted by atomic mass is 10.1. The van der Waals surface area contributed by atoms with Crippen LogP contribution in [0.3, 0.4) is 0 Å². The summed E-state index contributed by atoms with van der Waals surface area (Å²) >= 11 is 0. The molecule has 0 bridgehead atoms. The van der Waals surface area contributed by atoms with E-state index in [1.54, 1.807) is 6.20 Å². The second kappa shape index (κ2) is 9.19. The molecule has 0 fully saturated rings. The molecule has 0 radical (unpaired) electrons. The molecule has 0 atom stereocenters. The lowest BCUT2D eigenvalue weighted by molar-refractivity contribution is -0.120.